The molecule has 0 spiro atoms. The zero-order chi connectivity index (χ0) is 60.4. The van der Waals surface area contributed by atoms with Gasteiger partial charge in [-0.3, -0.25) is 37.3 Å². The van der Waals surface area contributed by atoms with Crippen LogP contribution >= 0.6 is 15.6 Å². The molecule has 0 rings (SSSR count). The van der Waals surface area contributed by atoms with Crippen LogP contribution < -0.4 is 0 Å². The molecule has 0 saturated heterocycles. The molecule has 0 aromatic rings. The molecule has 0 aromatic carbocycles. The molecule has 81 heavy (non-hydrogen) atoms. The number of carbonyl (C=O) groups excluding carboxylic acids is 4. The lowest BCUT2D eigenvalue weighted by molar-refractivity contribution is -0.161. The molecule has 0 fully saturated rings. The fraction of sp³-hybridized carbons (Fsp3) is 0.935. The van der Waals surface area contributed by atoms with Gasteiger partial charge >= 0.3 is 39.5 Å². The molecule has 0 saturated carbocycles. The number of unbranched alkanes of at least 4 members (excludes halogenated alkanes) is 24. The van der Waals surface area contributed by atoms with Gasteiger partial charge in [-0.2, -0.15) is 0 Å². The van der Waals surface area contributed by atoms with Crippen LogP contribution in [-0.2, 0) is 65.4 Å². The van der Waals surface area contributed by atoms with E-state index in [-0.39, 0.29) is 25.7 Å². The fourth-order valence-electron chi connectivity index (χ4n) is 9.04. The first-order valence-corrected chi connectivity index (χ1v) is 35.2. The van der Waals surface area contributed by atoms with Crippen molar-refractivity contribution in [1.82, 2.24) is 0 Å². The number of hydrogen-bond donors (Lipinski definition) is 3. The molecule has 6 atom stereocenters. The number of phosphoric ester groups is 2. The summed E-state index contributed by atoms with van der Waals surface area (Å²) in [5.74, 6) is 0.695. The number of carbonyl (C=O) groups is 4. The number of aliphatic hydroxyl groups excluding tert-OH is 1. The lowest BCUT2D eigenvalue weighted by atomic mass is 10.00. The molecule has 0 bridgehead atoms. The predicted molar refractivity (Wildman–Crippen MR) is 321 cm³/mol. The van der Waals surface area contributed by atoms with Gasteiger partial charge in [0.05, 0.1) is 26.4 Å². The number of hydrogen-bond acceptors (Lipinski definition) is 15. The summed E-state index contributed by atoms with van der Waals surface area (Å²) < 4.78 is 67.9. The summed E-state index contributed by atoms with van der Waals surface area (Å²) in [4.78, 5) is 72.1. The summed E-state index contributed by atoms with van der Waals surface area (Å²) in [6, 6.07) is 0. The van der Waals surface area contributed by atoms with E-state index in [0.717, 1.165) is 115 Å². The zero-order valence-corrected chi connectivity index (χ0v) is 54.2. The number of esters is 4. The monoisotopic (exact) mass is 1200 g/mol. The van der Waals surface area contributed by atoms with Crippen LogP contribution in [-0.4, -0.2) is 96.7 Å². The SMILES string of the molecule is CCC(C)CCCCCCCCC(=O)OC[C@H](COP(=O)(O)OCC(O)COP(=O)(O)OC[C@@H](COC(=O)CCCCCCCCCC(C)C)OC(=O)CCCCCCCCC(C)C)OC(=O)CCCCCCCCCCCC(C)C. The summed E-state index contributed by atoms with van der Waals surface area (Å²) in [6.07, 6.45) is 31.0. The van der Waals surface area contributed by atoms with E-state index in [2.05, 4.69) is 55.4 Å². The Kier molecular flexibility index (Phi) is 51.1. The summed E-state index contributed by atoms with van der Waals surface area (Å²) in [6.45, 7) is 13.9. The van der Waals surface area contributed by atoms with E-state index in [0.29, 0.717) is 37.5 Å². The molecule has 0 heterocycles. The Balaban J connectivity index is 5.25. The van der Waals surface area contributed by atoms with E-state index in [1.165, 1.54) is 83.5 Å². The highest BCUT2D eigenvalue weighted by Crippen LogP contribution is 2.45. The highest BCUT2D eigenvalue weighted by molar-refractivity contribution is 7.47. The summed E-state index contributed by atoms with van der Waals surface area (Å²) >= 11 is 0. The standard InChI is InChI=1S/C62H120O17P2/c1-9-55(8)41-33-25-19-21-27-35-43-60(65)73-49-57(78-61(66)44-36-28-16-12-10-11-14-22-30-38-52(2)3)50-76-80(68,69)74-46-56(63)47-75-81(70,71)77-51-58(79-62(67)45-37-29-20-18-24-32-40-54(6)7)48-72-59(64)42-34-26-17-13-15-23-31-39-53(4)5/h52-58,63H,9-51H2,1-8H3,(H,68,69)(H,70,71)/t55?,56?,57-,58-/m1/s1. The molecule has 4 unspecified atom stereocenters. The Morgan fingerprint density at radius 1 is 0.346 bits per heavy atom. The Morgan fingerprint density at radius 2 is 0.593 bits per heavy atom. The number of phosphoric acid groups is 2. The molecule has 0 aliphatic rings. The quantitative estimate of drug-likeness (QED) is 0.0222. The van der Waals surface area contributed by atoms with Gasteiger partial charge in [0.25, 0.3) is 0 Å². The Bertz CT molecular complexity index is 1630. The highest BCUT2D eigenvalue weighted by Gasteiger charge is 2.30. The first-order valence-electron chi connectivity index (χ1n) is 32.2. The van der Waals surface area contributed by atoms with Crippen molar-refractivity contribution in [2.45, 2.75) is 311 Å². The minimum atomic E-state index is -4.94. The summed E-state index contributed by atoms with van der Waals surface area (Å²) in [5.41, 5.74) is 0. The highest BCUT2D eigenvalue weighted by atomic mass is 31.2. The van der Waals surface area contributed by atoms with E-state index in [1.807, 2.05) is 0 Å². The lowest BCUT2D eigenvalue weighted by Gasteiger charge is -2.21. The average molecular weight is 1200 g/mol. The van der Waals surface area contributed by atoms with Crippen molar-refractivity contribution in [3.05, 3.63) is 0 Å². The maximum atomic E-state index is 12.9. The molecular weight excluding hydrogens is 1080 g/mol. The van der Waals surface area contributed by atoms with E-state index in [1.54, 1.807) is 0 Å². The second kappa shape index (κ2) is 52.4. The molecule has 0 aliphatic carbocycles. The molecule has 0 aliphatic heterocycles. The Morgan fingerprint density at radius 3 is 0.877 bits per heavy atom. The number of aliphatic hydroxyl groups is 1. The fourth-order valence-corrected chi connectivity index (χ4v) is 10.6. The largest absolute Gasteiger partial charge is 0.472 e. The molecule has 0 radical (unpaired) electrons. The van der Waals surface area contributed by atoms with Crippen molar-refractivity contribution in [3.63, 3.8) is 0 Å². The Labute approximate surface area is 492 Å². The van der Waals surface area contributed by atoms with Crippen molar-refractivity contribution in [2.24, 2.45) is 23.7 Å². The predicted octanol–water partition coefficient (Wildman–Crippen LogP) is 16.6. The third kappa shape index (κ3) is 55.7. The third-order valence-corrected chi connectivity index (χ3v) is 16.3. The van der Waals surface area contributed by atoms with Gasteiger partial charge in [-0.05, 0) is 49.4 Å². The molecule has 480 valence electrons. The lowest BCUT2D eigenvalue weighted by Crippen LogP contribution is -2.30. The normalized spacial score (nSPS) is 14.8. The van der Waals surface area contributed by atoms with Crippen LogP contribution in [0.3, 0.4) is 0 Å². The van der Waals surface area contributed by atoms with Crippen molar-refractivity contribution in [3.8, 4) is 0 Å². The van der Waals surface area contributed by atoms with Gasteiger partial charge in [0.15, 0.2) is 12.2 Å². The minimum Gasteiger partial charge on any atom is -0.462 e. The van der Waals surface area contributed by atoms with Crippen molar-refractivity contribution < 1.29 is 80.2 Å². The zero-order valence-electron chi connectivity index (χ0n) is 52.4. The van der Waals surface area contributed by atoms with E-state index in [9.17, 15) is 43.2 Å². The molecule has 3 N–H and O–H groups in total. The van der Waals surface area contributed by atoms with Gasteiger partial charge in [0, 0.05) is 25.7 Å². The molecular formula is C62H120O17P2. The molecule has 17 nitrogen and oxygen atoms in total. The van der Waals surface area contributed by atoms with Crippen LogP contribution in [0.2, 0.25) is 0 Å². The van der Waals surface area contributed by atoms with Crippen LogP contribution in [0.25, 0.3) is 0 Å². The van der Waals surface area contributed by atoms with Crippen LogP contribution in [0.1, 0.15) is 293 Å². The first kappa shape index (κ1) is 79.1. The maximum absolute atomic E-state index is 12.9. The first-order chi connectivity index (χ1) is 38.6. The average Bonchev–Trinajstić information content (AvgIpc) is 3.41. The van der Waals surface area contributed by atoms with Crippen molar-refractivity contribution in [1.29, 1.82) is 0 Å². The van der Waals surface area contributed by atoms with Gasteiger partial charge in [-0.15, -0.1) is 0 Å². The second-order valence-electron chi connectivity index (χ2n) is 24.1. The number of ether oxygens (including phenoxy) is 4. The van der Waals surface area contributed by atoms with Crippen LogP contribution in [0, 0.1) is 23.7 Å². The van der Waals surface area contributed by atoms with Gasteiger partial charge in [0.2, 0.25) is 0 Å². The summed E-state index contributed by atoms with van der Waals surface area (Å²) in [5, 5.41) is 10.5. The topological polar surface area (TPSA) is 237 Å². The molecule has 0 amide bonds. The maximum Gasteiger partial charge on any atom is 0.472 e. The van der Waals surface area contributed by atoms with Gasteiger partial charge in [-0.1, -0.05) is 242 Å². The van der Waals surface area contributed by atoms with Crippen LogP contribution in [0.15, 0.2) is 0 Å². The van der Waals surface area contributed by atoms with E-state index in [4.69, 9.17) is 37.0 Å². The third-order valence-electron chi connectivity index (χ3n) is 14.4. The molecule has 19 heteroatoms. The smallest absolute Gasteiger partial charge is 0.462 e. The summed E-state index contributed by atoms with van der Waals surface area (Å²) in [7, 11) is -9.88. The van der Waals surface area contributed by atoms with Gasteiger partial charge < -0.3 is 33.8 Å². The van der Waals surface area contributed by atoms with Crippen molar-refractivity contribution >= 4 is 39.5 Å². The van der Waals surface area contributed by atoms with Crippen molar-refractivity contribution in [2.75, 3.05) is 39.6 Å². The van der Waals surface area contributed by atoms with Crippen LogP contribution in [0.5, 0.6) is 0 Å². The van der Waals surface area contributed by atoms with Gasteiger partial charge in [0.1, 0.15) is 19.3 Å². The second-order valence-corrected chi connectivity index (χ2v) is 27.0. The van der Waals surface area contributed by atoms with E-state index >= 15 is 0 Å². The van der Waals surface area contributed by atoms with E-state index < -0.39 is 97.5 Å². The minimum absolute atomic E-state index is 0.100. The Hall–Kier alpha value is -1.94. The molecule has 0 aromatic heterocycles. The van der Waals surface area contributed by atoms with Crippen LogP contribution in [0.4, 0.5) is 0 Å². The van der Waals surface area contributed by atoms with Gasteiger partial charge in [-0.25, -0.2) is 9.13 Å². The number of rotatable bonds is 59.